The van der Waals surface area contributed by atoms with Crippen molar-refractivity contribution < 1.29 is 9.90 Å². The lowest BCUT2D eigenvalue weighted by atomic mass is 9.53. The summed E-state index contributed by atoms with van der Waals surface area (Å²) in [5.74, 6) is 2.20. The van der Waals surface area contributed by atoms with Gasteiger partial charge in [0.2, 0.25) is 0 Å². The van der Waals surface area contributed by atoms with Crippen molar-refractivity contribution in [3.05, 3.63) is 47.1 Å². The van der Waals surface area contributed by atoms with Crippen LogP contribution in [0.5, 0.6) is 0 Å². The highest BCUT2D eigenvalue weighted by Gasteiger charge is 2.53. The Bertz CT molecular complexity index is 848. The van der Waals surface area contributed by atoms with Crippen LogP contribution in [0, 0.1) is 34.5 Å². The summed E-state index contributed by atoms with van der Waals surface area (Å²) in [5, 5.41) is 10.3. The average Bonchev–Trinajstić information content (AvgIpc) is 3.03. The Morgan fingerprint density at radius 1 is 1.07 bits per heavy atom. The van der Waals surface area contributed by atoms with Gasteiger partial charge < -0.3 is 5.11 Å². The first-order valence-corrected chi connectivity index (χ1v) is 12.0. The molecule has 4 aliphatic rings. The second-order valence-electron chi connectivity index (χ2n) is 11.6. The maximum atomic E-state index is 12.0. The highest BCUT2D eigenvalue weighted by Crippen LogP contribution is 2.63. The zero-order valence-electron chi connectivity index (χ0n) is 19.8. The predicted octanol–water partition coefficient (Wildman–Crippen LogP) is 6.57. The zero-order chi connectivity index (χ0) is 21.9. The average molecular weight is 409 g/mol. The predicted molar refractivity (Wildman–Crippen MR) is 124 cm³/mol. The van der Waals surface area contributed by atoms with E-state index in [1.165, 1.54) is 31.3 Å². The third-order valence-electron chi connectivity index (χ3n) is 9.42. The molecule has 6 atom stereocenters. The fraction of sp³-hybridized carbons (Fsp3) is 0.679. The Balaban J connectivity index is 1.64. The highest BCUT2D eigenvalue weighted by atomic mass is 16.3. The number of allylic oxidation sites excluding steroid dienone is 7. The van der Waals surface area contributed by atoms with Gasteiger partial charge in [-0.15, -0.1) is 0 Å². The van der Waals surface area contributed by atoms with E-state index >= 15 is 0 Å². The van der Waals surface area contributed by atoms with E-state index in [-0.39, 0.29) is 16.7 Å². The van der Waals surface area contributed by atoms with Gasteiger partial charge in [0.25, 0.3) is 0 Å². The summed E-state index contributed by atoms with van der Waals surface area (Å²) < 4.78 is 0. The van der Waals surface area contributed by atoms with E-state index in [0.717, 1.165) is 6.42 Å². The van der Waals surface area contributed by atoms with Crippen molar-refractivity contribution in [2.45, 2.75) is 85.7 Å². The number of carbonyl (C=O) groups is 1. The Kier molecular flexibility index (Phi) is 5.33. The molecule has 2 nitrogen and oxygen atoms in total. The van der Waals surface area contributed by atoms with Gasteiger partial charge in [-0.25, -0.2) is 0 Å². The lowest BCUT2D eigenvalue weighted by molar-refractivity contribution is -0.116. The lowest BCUT2D eigenvalue weighted by Gasteiger charge is -2.51. The van der Waals surface area contributed by atoms with E-state index in [4.69, 9.17) is 0 Å². The molecule has 1 N–H and O–H groups in total. The van der Waals surface area contributed by atoms with Crippen LogP contribution in [-0.2, 0) is 4.79 Å². The molecule has 164 valence electrons. The van der Waals surface area contributed by atoms with Gasteiger partial charge in [-0.05, 0) is 91.8 Å². The molecule has 0 saturated heterocycles. The number of hydrogen-bond donors (Lipinski definition) is 1. The van der Waals surface area contributed by atoms with Crippen LogP contribution in [0.15, 0.2) is 47.1 Å². The van der Waals surface area contributed by atoms with Crippen LogP contribution >= 0.6 is 0 Å². The van der Waals surface area contributed by atoms with E-state index in [1.54, 1.807) is 11.1 Å². The molecular weight excluding hydrogens is 368 g/mol. The second-order valence-corrected chi connectivity index (χ2v) is 11.6. The van der Waals surface area contributed by atoms with E-state index in [9.17, 15) is 9.90 Å². The third-order valence-corrected chi connectivity index (χ3v) is 9.42. The molecule has 0 spiro atoms. The Labute approximate surface area is 183 Å². The quantitative estimate of drug-likeness (QED) is 0.534. The van der Waals surface area contributed by atoms with E-state index in [1.807, 2.05) is 19.9 Å². The number of hydrogen-bond acceptors (Lipinski definition) is 2. The van der Waals surface area contributed by atoms with Gasteiger partial charge in [-0.3, -0.25) is 4.79 Å². The van der Waals surface area contributed by atoms with Crippen molar-refractivity contribution in [3.8, 4) is 0 Å². The third kappa shape index (κ3) is 3.40. The molecule has 0 aromatic heterocycles. The fourth-order valence-corrected chi connectivity index (χ4v) is 6.91. The SMILES string of the molecule is CC(C=CC(C)C(C)(C)O)C1CCC2=C3C=CC4=CC(=O)CCC4(C)C3CCC21C. The molecule has 1 saturated carbocycles. The maximum Gasteiger partial charge on any atom is 0.156 e. The minimum atomic E-state index is -0.671. The molecule has 0 heterocycles. The van der Waals surface area contributed by atoms with E-state index in [0.29, 0.717) is 30.0 Å². The summed E-state index contributed by atoms with van der Waals surface area (Å²) in [7, 11) is 0. The van der Waals surface area contributed by atoms with Crippen LogP contribution < -0.4 is 0 Å². The zero-order valence-corrected chi connectivity index (χ0v) is 19.8. The smallest absolute Gasteiger partial charge is 0.156 e. The molecular formula is C28H40O2. The summed E-state index contributed by atoms with van der Waals surface area (Å²) in [5.41, 5.74) is 4.31. The van der Waals surface area contributed by atoms with Crippen LogP contribution in [0.4, 0.5) is 0 Å². The van der Waals surface area contributed by atoms with Crippen LogP contribution in [0.25, 0.3) is 0 Å². The first kappa shape index (κ1) is 21.8. The normalized spacial score (nSPS) is 38.2. The van der Waals surface area contributed by atoms with Crippen molar-refractivity contribution >= 4 is 5.78 Å². The number of rotatable bonds is 4. The summed E-state index contributed by atoms with van der Waals surface area (Å²) in [6.07, 6.45) is 17.8. The molecule has 0 radical (unpaired) electrons. The Morgan fingerprint density at radius 3 is 2.50 bits per heavy atom. The van der Waals surface area contributed by atoms with Crippen molar-refractivity contribution in [3.63, 3.8) is 0 Å². The number of fused-ring (bicyclic) bond motifs is 4. The summed E-state index contributed by atoms with van der Waals surface area (Å²) in [6, 6.07) is 0. The summed E-state index contributed by atoms with van der Waals surface area (Å²) in [6.45, 7) is 13.2. The Hall–Kier alpha value is -1.41. The highest BCUT2D eigenvalue weighted by molar-refractivity contribution is 5.92. The molecule has 0 aromatic carbocycles. The van der Waals surface area contributed by atoms with Gasteiger partial charge in [-0.2, -0.15) is 0 Å². The largest absolute Gasteiger partial charge is 0.390 e. The molecule has 0 amide bonds. The van der Waals surface area contributed by atoms with Crippen LogP contribution in [0.1, 0.15) is 80.1 Å². The lowest BCUT2D eigenvalue weighted by Crippen LogP contribution is -2.41. The minimum Gasteiger partial charge on any atom is -0.390 e. The number of carbonyl (C=O) groups excluding carboxylic acids is 1. The first-order valence-electron chi connectivity index (χ1n) is 12.0. The van der Waals surface area contributed by atoms with Gasteiger partial charge in [0.05, 0.1) is 5.60 Å². The molecule has 6 unspecified atom stereocenters. The Morgan fingerprint density at radius 2 is 1.80 bits per heavy atom. The maximum absolute atomic E-state index is 12.0. The molecule has 0 aliphatic heterocycles. The standard InChI is InChI=1S/C28H40O2/c1-18(7-8-19(2)26(3,4)30)23-11-12-24-22-10-9-20-17-21(29)13-15-27(20,5)25(22)14-16-28(23,24)6/h7-10,17-19,23,25,30H,11-16H2,1-6H3. The molecule has 0 aromatic rings. The van der Waals surface area contributed by atoms with Gasteiger partial charge in [0.15, 0.2) is 5.78 Å². The van der Waals surface area contributed by atoms with Crippen LogP contribution in [0.3, 0.4) is 0 Å². The van der Waals surface area contributed by atoms with Gasteiger partial charge in [-0.1, -0.05) is 57.6 Å². The van der Waals surface area contributed by atoms with Crippen molar-refractivity contribution in [2.75, 3.05) is 0 Å². The van der Waals surface area contributed by atoms with Gasteiger partial charge in [0.1, 0.15) is 0 Å². The molecule has 0 bridgehead atoms. The van der Waals surface area contributed by atoms with Crippen molar-refractivity contribution in [1.29, 1.82) is 0 Å². The molecule has 4 aliphatic carbocycles. The van der Waals surface area contributed by atoms with Crippen LogP contribution in [-0.4, -0.2) is 16.5 Å². The van der Waals surface area contributed by atoms with E-state index in [2.05, 4.69) is 52.0 Å². The molecule has 4 rings (SSSR count). The van der Waals surface area contributed by atoms with Crippen LogP contribution in [0.2, 0.25) is 0 Å². The molecule has 30 heavy (non-hydrogen) atoms. The van der Waals surface area contributed by atoms with Gasteiger partial charge in [0, 0.05) is 12.3 Å². The molecule has 1 fully saturated rings. The number of aliphatic hydroxyl groups is 1. The summed E-state index contributed by atoms with van der Waals surface area (Å²) >= 11 is 0. The fourth-order valence-electron chi connectivity index (χ4n) is 6.91. The number of ketones is 1. The second kappa shape index (κ2) is 7.33. The first-order chi connectivity index (χ1) is 14.0. The van der Waals surface area contributed by atoms with E-state index < -0.39 is 5.60 Å². The minimum absolute atomic E-state index is 0.137. The van der Waals surface area contributed by atoms with Crippen molar-refractivity contribution in [2.24, 2.45) is 34.5 Å². The topological polar surface area (TPSA) is 37.3 Å². The molecule has 2 heteroatoms. The monoisotopic (exact) mass is 408 g/mol. The van der Waals surface area contributed by atoms with Gasteiger partial charge >= 0.3 is 0 Å². The summed E-state index contributed by atoms with van der Waals surface area (Å²) in [4.78, 5) is 12.0. The van der Waals surface area contributed by atoms with Crippen molar-refractivity contribution in [1.82, 2.24) is 0 Å².